The summed E-state index contributed by atoms with van der Waals surface area (Å²) in [5.41, 5.74) is 0.355. The molecule has 0 amide bonds. The second-order valence-electron chi connectivity index (χ2n) is 4.47. The summed E-state index contributed by atoms with van der Waals surface area (Å²) in [6, 6.07) is 5.46. The molecule has 0 aliphatic heterocycles. The lowest BCUT2D eigenvalue weighted by Crippen LogP contribution is -2.24. The molecule has 0 fully saturated rings. The summed E-state index contributed by atoms with van der Waals surface area (Å²) in [6.45, 7) is 6.90. The molecule has 0 saturated carbocycles. The first-order valence-corrected chi connectivity index (χ1v) is 6.35. The molecule has 1 aromatic carbocycles. The Morgan fingerprint density at radius 3 is 1.83 bits per heavy atom. The second-order valence-corrected chi connectivity index (χ2v) is 4.47. The smallest absolute Gasteiger partial charge is 0.299 e. The van der Waals surface area contributed by atoms with E-state index in [2.05, 4.69) is 18.7 Å². The predicted octanol–water partition coefficient (Wildman–Crippen LogP) is 4.33. The predicted molar refractivity (Wildman–Crippen MR) is 67.3 cm³/mol. The van der Waals surface area contributed by atoms with Crippen molar-refractivity contribution in [3.05, 3.63) is 35.4 Å². The van der Waals surface area contributed by atoms with Gasteiger partial charge in [-0.25, -0.2) is 0 Å². The van der Waals surface area contributed by atoms with Crippen molar-refractivity contribution in [1.29, 1.82) is 0 Å². The van der Waals surface area contributed by atoms with Crippen LogP contribution in [-0.2, 0) is 12.7 Å². The Bertz CT molecular complexity index is 337. The SMILES string of the molecule is CCCN(CCC)Cc1ccc(C(F)(F)F)cc1. The van der Waals surface area contributed by atoms with Crippen molar-refractivity contribution in [2.45, 2.75) is 39.4 Å². The summed E-state index contributed by atoms with van der Waals surface area (Å²) in [6.07, 6.45) is -2.13. The van der Waals surface area contributed by atoms with Gasteiger partial charge in [0.05, 0.1) is 5.56 Å². The average Bonchev–Trinajstić information content (AvgIpc) is 2.29. The highest BCUT2D eigenvalue weighted by Gasteiger charge is 2.29. The van der Waals surface area contributed by atoms with Gasteiger partial charge >= 0.3 is 6.18 Å². The van der Waals surface area contributed by atoms with Crippen LogP contribution in [0, 0.1) is 0 Å². The van der Waals surface area contributed by atoms with Gasteiger partial charge in [-0.05, 0) is 43.6 Å². The minimum Gasteiger partial charge on any atom is -0.299 e. The summed E-state index contributed by atoms with van der Waals surface area (Å²) in [5, 5.41) is 0. The minimum absolute atomic E-state index is 0.580. The molecule has 0 N–H and O–H groups in total. The number of benzene rings is 1. The van der Waals surface area contributed by atoms with E-state index < -0.39 is 11.7 Å². The van der Waals surface area contributed by atoms with Crippen LogP contribution in [0.4, 0.5) is 13.2 Å². The van der Waals surface area contributed by atoms with Crippen LogP contribution in [0.2, 0.25) is 0 Å². The van der Waals surface area contributed by atoms with Crippen molar-refractivity contribution in [3.63, 3.8) is 0 Å². The lowest BCUT2D eigenvalue weighted by atomic mass is 10.1. The van der Waals surface area contributed by atoms with Crippen molar-refractivity contribution in [2.24, 2.45) is 0 Å². The van der Waals surface area contributed by atoms with E-state index in [4.69, 9.17) is 0 Å². The standard InChI is InChI=1S/C14H20F3N/c1-3-9-18(10-4-2)11-12-5-7-13(8-6-12)14(15,16)17/h5-8H,3-4,9-11H2,1-2H3. The van der Waals surface area contributed by atoms with Crippen molar-refractivity contribution in [2.75, 3.05) is 13.1 Å². The molecule has 0 aliphatic rings. The number of halogens is 3. The molecule has 1 rings (SSSR count). The van der Waals surface area contributed by atoms with E-state index in [-0.39, 0.29) is 0 Å². The van der Waals surface area contributed by atoms with E-state index in [1.165, 1.54) is 0 Å². The molecule has 0 spiro atoms. The molecule has 1 aromatic rings. The van der Waals surface area contributed by atoms with Gasteiger partial charge in [0.25, 0.3) is 0 Å². The zero-order chi connectivity index (χ0) is 13.6. The second kappa shape index (κ2) is 6.78. The zero-order valence-electron chi connectivity index (χ0n) is 10.9. The summed E-state index contributed by atoms with van der Waals surface area (Å²) < 4.78 is 37.2. The number of alkyl halides is 3. The van der Waals surface area contributed by atoms with Gasteiger partial charge in [0.15, 0.2) is 0 Å². The van der Waals surface area contributed by atoms with E-state index >= 15 is 0 Å². The van der Waals surface area contributed by atoms with E-state index in [9.17, 15) is 13.2 Å². The van der Waals surface area contributed by atoms with Crippen LogP contribution < -0.4 is 0 Å². The molecular weight excluding hydrogens is 239 g/mol. The van der Waals surface area contributed by atoms with Gasteiger partial charge in [0.2, 0.25) is 0 Å². The van der Waals surface area contributed by atoms with E-state index in [1.807, 2.05) is 0 Å². The first kappa shape index (κ1) is 15.0. The Morgan fingerprint density at radius 1 is 0.944 bits per heavy atom. The fourth-order valence-corrected chi connectivity index (χ4v) is 1.96. The summed E-state index contributed by atoms with van der Waals surface area (Å²) in [5.74, 6) is 0. The minimum atomic E-state index is -4.24. The van der Waals surface area contributed by atoms with Gasteiger partial charge in [-0.15, -0.1) is 0 Å². The van der Waals surface area contributed by atoms with Crippen LogP contribution in [0.3, 0.4) is 0 Å². The van der Waals surface area contributed by atoms with Gasteiger partial charge in [-0.3, -0.25) is 4.90 Å². The molecule has 0 aliphatic carbocycles. The van der Waals surface area contributed by atoms with Crippen molar-refractivity contribution >= 4 is 0 Å². The number of hydrogen-bond donors (Lipinski definition) is 0. The van der Waals surface area contributed by atoms with Crippen LogP contribution in [-0.4, -0.2) is 18.0 Å². The number of hydrogen-bond acceptors (Lipinski definition) is 1. The number of nitrogens with zero attached hydrogens (tertiary/aromatic N) is 1. The molecule has 18 heavy (non-hydrogen) atoms. The Hall–Kier alpha value is -1.03. The summed E-state index contributed by atoms with van der Waals surface area (Å²) in [4.78, 5) is 2.27. The molecule has 0 aromatic heterocycles. The van der Waals surface area contributed by atoms with E-state index in [0.717, 1.165) is 50.2 Å². The molecule has 0 radical (unpaired) electrons. The first-order valence-electron chi connectivity index (χ1n) is 6.35. The zero-order valence-corrected chi connectivity index (χ0v) is 10.9. The van der Waals surface area contributed by atoms with Gasteiger partial charge in [0.1, 0.15) is 0 Å². The topological polar surface area (TPSA) is 3.24 Å². The average molecular weight is 259 g/mol. The molecule has 102 valence electrons. The highest BCUT2D eigenvalue weighted by Crippen LogP contribution is 2.29. The van der Waals surface area contributed by atoms with Gasteiger partial charge in [0, 0.05) is 6.54 Å². The van der Waals surface area contributed by atoms with Gasteiger partial charge in [-0.1, -0.05) is 26.0 Å². The summed E-state index contributed by atoms with van der Waals surface area (Å²) >= 11 is 0. The van der Waals surface area contributed by atoms with Crippen LogP contribution in [0.1, 0.15) is 37.8 Å². The van der Waals surface area contributed by atoms with Gasteiger partial charge in [-0.2, -0.15) is 13.2 Å². The maximum Gasteiger partial charge on any atom is 0.416 e. The van der Waals surface area contributed by atoms with E-state index in [0.29, 0.717) is 0 Å². The van der Waals surface area contributed by atoms with E-state index in [1.54, 1.807) is 12.1 Å². The maximum atomic E-state index is 12.4. The van der Waals surface area contributed by atoms with Crippen LogP contribution in [0.15, 0.2) is 24.3 Å². The highest BCUT2D eigenvalue weighted by atomic mass is 19.4. The van der Waals surface area contributed by atoms with Crippen molar-refractivity contribution in [1.82, 2.24) is 4.90 Å². The third-order valence-corrected chi connectivity index (χ3v) is 2.77. The van der Waals surface area contributed by atoms with Crippen molar-refractivity contribution < 1.29 is 13.2 Å². The van der Waals surface area contributed by atoms with Crippen LogP contribution >= 0.6 is 0 Å². The Labute approximate surface area is 107 Å². The van der Waals surface area contributed by atoms with Crippen LogP contribution in [0.25, 0.3) is 0 Å². The largest absolute Gasteiger partial charge is 0.416 e. The molecule has 0 unspecified atom stereocenters. The Morgan fingerprint density at radius 2 is 1.44 bits per heavy atom. The van der Waals surface area contributed by atoms with Crippen LogP contribution in [0.5, 0.6) is 0 Å². The lowest BCUT2D eigenvalue weighted by Gasteiger charge is -2.21. The molecule has 4 heteroatoms. The first-order chi connectivity index (χ1) is 8.47. The molecule has 1 nitrogen and oxygen atoms in total. The lowest BCUT2D eigenvalue weighted by molar-refractivity contribution is -0.137. The highest BCUT2D eigenvalue weighted by molar-refractivity contribution is 5.24. The Kier molecular flexibility index (Phi) is 5.66. The maximum absolute atomic E-state index is 12.4. The quantitative estimate of drug-likeness (QED) is 0.735. The monoisotopic (exact) mass is 259 g/mol. The fourth-order valence-electron chi connectivity index (χ4n) is 1.96. The third-order valence-electron chi connectivity index (χ3n) is 2.77. The summed E-state index contributed by atoms with van der Waals surface area (Å²) in [7, 11) is 0. The number of rotatable bonds is 6. The molecule has 0 saturated heterocycles. The molecule has 0 bridgehead atoms. The Balaban J connectivity index is 2.67. The third kappa shape index (κ3) is 4.69. The molecular formula is C14H20F3N. The normalized spacial score (nSPS) is 12.1. The van der Waals surface area contributed by atoms with Crippen molar-refractivity contribution in [3.8, 4) is 0 Å². The molecule has 0 atom stereocenters. The fraction of sp³-hybridized carbons (Fsp3) is 0.571. The molecule has 0 heterocycles. The van der Waals surface area contributed by atoms with Gasteiger partial charge < -0.3 is 0 Å².